The van der Waals surface area contributed by atoms with Gasteiger partial charge in [0.15, 0.2) is 9.84 Å². The number of amides is 2. The standard InChI is InChI=1S/C28H34FN3O6S/c1-27(2,3)38-26(34)31-24(25(33)32-17-20(29)15-21(32)16-30)28(4,5)39(35,36)18-19-10-9-13-23(14-19)37-22-11-7-6-8-12-22/h6-14,20-21,24H,15,17-18H2,1-5H3,(H,31,34)/t20-,21-,24+/m0/s1. The Morgan fingerprint density at radius 2 is 1.74 bits per heavy atom. The molecular weight excluding hydrogens is 525 g/mol. The van der Waals surface area contributed by atoms with Crippen molar-refractivity contribution < 1.29 is 31.9 Å². The molecule has 0 radical (unpaired) electrons. The number of hydrogen-bond donors (Lipinski definition) is 1. The molecule has 0 aliphatic carbocycles. The quantitative estimate of drug-likeness (QED) is 0.504. The first-order chi connectivity index (χ1) is 18.1. The summed E-state index contributed by atoms with van der Waals surface area (Å²) >= 11 is 0. The number of sulfone groups is 1. The number of benzene rings is 2. The first-order valence-corrected chi connectivity index (χ1v) is 14.2. The monoisotopic (exact) mass is 559 g/mol. The van der Waals surface area contributed by atoms with Gasteiger partial charge in [0.2, 0.25) is 5.91 Å². The second-order valence-corrected chi connectivity index (χ2v) is 13.5. The Hall–Kier alpha value is -3.65. The number of carbonyl (C=O) groups excluding carboxylic acids is 2. The second kappa shape index (κ2) is 11.6. The highest BCUT2D eigenvalue weighted by Gasteiger charge is 2.50. The minimum atomic E-state index is -4.15. The van der Waals surface area contributed by atoms with Crippen LogP contribution < -0.4 is 10.1 Å². The molecule has 0 saturated carbocycles. The van der Waals surface area contributed by atoms with Crippen LogP contribution in [0.25, 0.3) is 0 Å². The van der Waals surface area contributed by atoms with Crippen molar-refractivity contribution in [3.63, 3.8) is 0 Å². The third-order valence-electron chi connectivity index (χ3n) is 6.32. The molecule has 1 fully saturated rings. The molecule has 0 bridgehead atoms. The van der Waals surface area contributed by atoms with Crippen molar-refractivity contribution in [1.29, 1.82) is 5.26 Å². The highest BCUT2D eigenvalue weighted by atomic mass is 32.2. The molecule has 1 heterocycles. The van der Waals surface area contributed by atoms with E-state index in [1.807, 2.05) is 24.3 Å². The molecule has 0 spiro atoms. The van der Waals surface area contributed by atoms with Crippen molar-refractivity contribution in [3.05, 3.63) is 60.2 Å². The van der Waals surface area contributed by atoms with Gasteiger partial charge in [0.05, 0.1) is 23.1 Å². The molecular formula is C28H34FN3O6S. The van der Waals surface area contributed by atoms with Crippen LogP contribution in [0.4, 0.5) is 9.18 Å². The summed E-state index contributed by atoms with van der Waals surface area (Å²) in [5.41, 5.74) is -0.521. The highest BCUT2D eigenvalue weighted by Crippen LogP contribution is 2.31. The van der Waals surface area contributed by atoms with Gasteiger partial charge in [-0.1, -0.05) is 30.3 Å². The SMILES string of the molecule is CC(C)(C)OC(=O)N[C@H](C(=O)N1C[C@@H](F)C[C@H]1C#N)C(C)(C)S(=O)(=O)Cc1cccc(Oc2ccccc2)c1. The predicted octanol–water partition coefficient (Wildman–Crippen LogP) is 4.53. The van der Waals surface area contributed by atoms with E-state index in [0.29, 0.717) is 17.1 Å². The van der Waals surface area contributed by atoms with Gasteiger partial charge in [-0.3, -0.25) is 4.79 Å². The number of nitrogens with one attached hydrogen (secondary N) is 1. The zero-order chi connectivity index (χ0) is 29.0. The van der Waals surface area contributed by atoms with Crippen molar-refractivity contribution in [2.45, 2.75) is 75.4 Å². The van der Waals surface area contributed by atoms with E-state index in [9.17, 15) is 27.7 Å². The molecule has 0 aromatic heterocycles. The van der Waals surface area contributed by atoms with Crippen LogP contribution in [0.1, 0.15) is 46.6 Å². The first-order valence-electron chi connectivity index (χ1n) is 12.5. The Kier molecular flexibility index (Phi) is 8.91. The van der Waals surface area contributed by atoms with Crippen LogP contribution in [0.15, 0.2) is 54.6 Å². The van der Waals surface area contributed by atoms with Crippen LogP contribution in [0.3, 0.4) is 0 Å². The number of para-hydroxylation sites is 1. The Balaban J connectivity index is 1.91. The maximum atomic E-state index is 14.1. The largest absolute Gasteiger partial charge is 0.457 e. The van der Waals surface area contributed by atoms with Gasteiger partial charge in [-0.2, -0.15) is 5.26 Å². The molecule has 3 atom stereocenters. The summed E-state index contributed by atoms with van der Waals surface area (Å²) in [7, 11) is -4.15. The molecule has 1 aliphatic heterocycles. The number of rotatable bonds is 8. The molecule has 2 aromatic carbocycles. The van der Waals surface area contributed by atoms with Crippen LogP contribution in [0.5, 0.6) is 11.5 Å². The maximum absolute atomic E-state index is 14.1. The molecule has 210 valence electrons. The lowest BCUT2D eigenvalue weighted by Gasteiger charge is -2.36. The van der Waals surface area contributed by atoms with Gasteiger partial charge in [-0.05, 0) is 64.4 Å². The van der Waals surface area contributed by atoms with E-state index in [1.54, 1.807) is 57.2 Å². The molecule has 11 heteroatoms. The lowest BCUT2D eigenvalue weighted by molar-refractivity contribution is -0.134. The average molecular weight is 560 g/mol. The molecule has 0 unspecified atom stereocenters. The fraction of sp³-hybridized carbons (Fsp3) is 0.464. The van der Waals surface area contributed by atoms with Gasteiger partial charge in [0, 0.05) is 6.42 Å². The van der Waals surface area contributed by atoms with Crippen LogP contribution in [0, 0.1) is 11.3 Å². The van der Waals surface area contributed by atoms with Gasteiger partial charge in [0.25, 0.3) is 0 Å². The number of halogens is 1. The predicted molar refractivity (Wildman–Crippen MR) is 143 cm³/mol. The second-order valence-electron chi connectivity index (χ2n) is 11.0. The zero-order valence-corrected chi connectivity index (χ0v) is 23.5. The van der Waals surface area contributed by atoms with E-state index < -0.39 is 56.2 Å². The van der Waals surface area contributed by atoms with E-state index in [1.165, 1.54) is 13.8 Å². The van der Waals surface area contributed by atoms with Crippen LogP contribution in [-0.2, 0) is 25.1 Å². The van der Waals surface area contributed by atoms with Crippen molar-refractivity contribution in [2.24, 2.45) is 0 Å². The summed E-state index contributed by atoms with van der Waals surface area (Å²) in [6.07, 6.45) is -2.64. The number of alkyl halides is 1. The number of likely N-dealkylation sites (tertiary alicyclic amines) is 1. The van der Waals surface area contributed by atoms with E-state index in [0.717, 1.165) is 4.90 Å². The Labute approximate surface area is 228 Å². The molecule has 1 N–H and O–H groups in total. The number of carbonyl (C=O) groups is 2. The molecule has 3 rings (SSSR count). The van der Waals surface area contributed by atoms with Gasteiger partial charge in [-0.25, -0.2) is 17.6 Å². The molecule has 1 aliphatic rings. The van der Waals surface area contributed by atoms with E-state index >= 15 is 0 Å². The Morgan fingerprint density at radius 3 is 2.36 bits per heavy atom. The van der Waals surface area contributed by atoms with Crippen molar-refractivity contribution in [1.82, 2.24) is 10.2 Å². The number of nitriles is 1. The molecule has 9 nitrogen and oxygen atoms in total. The normalized spacial score (nSPS) is 18.6. The lowest BCUT2D eigenvalue weighted by atomic mass is 10.0. The average Bonchev–Trinajstić information content (AvgIpc) is 3.22. The number of alkyl carbamates (subject to hydrolysis) is 1. The Morgan fingerprint density at radius 1 is 1.10 bits per heavy atom. The van der Waals surface area contributed by atoms with Gasteiger partial charge >= 0.3 is 6.09 Å². The van der Waals surface area contributed by atoms with Crippen LogP contribution in [0.2, 0.25) is 0 Å². The summed E-state index contributed by atoms with van der Waals surface area (Å²) in [4.78, 5) is 27.3. The minimum absolute atomic E-state index is 0.192. The van der Waals surface area contributed by atoms with Gasteiger partial charge in [0.1, 0.15) is 35.4 Å². The fourth-order valence-electron chi connectivity index (χ4n) is 4.18. The summed E-state index contributed by atoms with van der Waals surface area (Å²) in [5, 5.41) is 11.9. The Bertz CT molecular complexity index is 1340. The van der Waals surface area contributed by atoms with Gasteiger partial charge in [-0.15, -0.1) is 0 Å². The fourth-order valence-corrected chi connectivity index (χ4v) is 5.69. The lowest BCUT2D eigenvalue weighted by Crippen LogP contribution is -2.62. The summed E-state index contributed by atoms with van der Waals surface area (Å²) in [5.74, 6) is -0.343. The molecule has 1 saturated heterocycles. The summed E-state index contributed by atoms with van der Waals surface area (Å²) in [6, 6.07) is 14.7. The summed E-state index contributed by atoms with van der Waals surface area (Å²) < 4.78 is 51.0. The van der Waals surface area contributed by atoms with Crippen LogP contribution >= 0.6 is 0 Å². The molecule has 39 heavy (non-hydrogen) atoms. The molecule has 2 aromatic rings. The number of hydrogen-bond acceptors (Lipinski definition) is 7. The first kappa shape index (κ1) is 29.9. The molecule has 2 amide bonds. The third kappa shape index (κ3) is 7.47. The maximum Gasteiger partial charge on any atom is 0.408 e. The van der Waals surface area contributed by atoms with Crippen molar-refractivity contribution in [2.75, 3.05) is 6.54 Å². The van der Waals surface area contributed by atoms with E-state index in [4.69, 9.17) is 9.47 Å². The smallest absolute Gasteiger partial charge is 0.408 e. The number of nitrogens with zero attached hydrogens (tertiary/aromatic N) is 2. The zero-order valence-electron chi connectivity index (χ0n) is 22.7. The van der Waals surface area contributed by atoms with Crippen molar-refractivity contribution in [3.8, 4) is 17.6 Å². The van der Waals surface area contributed by atoms with E-state index in [-0.39, 0.29) is 13.0 Å². The third-order valence-corrected chi connectivity index (χ3v) is 8.87. The summed E-state index contributed by atoms with van der Waals surface area (Å²) in [6.45, 7) is 7.12. The minimum Gasteiger partial charge on any atom is -0.457 e. The van der Waals surface area contributed by atoms with E-state index in [2.05, 4.69) is 5.32 Å². The van der Waals surface area contributed by atoms with Crippen molar-refractivity contribution >= 4 is 21.8 Å². The van der Waals surface area contributed by atoms with Crippen LogP contribution in [-0.4, -0.2) is 60.5 Å². The highest BCUT2D eigenvalue weighted by molar-refractivity contribution is 7.92. The number of ether oxygens (including phenoxy) is 2. The van der Waals surface area contributed by atoms with Gasteiger partial charge < -0.3 is 19.7 Å². The topological polar surface area (TPSA) is 126 Å².